The van der Waals surface area contributed by atoms with Crippen LogP contribution in [0.5, 0.6) is 11.5 Å². The third-order valence-corrected chi connectivity index (χ3v) is 2.66. The first-order chi connectivity index (χ1) is 7.75. The van der Waals surface area contributed by atoms with Crippen molar-refractivity contribution in [2.45, 2.75) is 19.3 Å². The largest absolute Gasteiger partial charge is 0.504 e. The van der Waals surface area contributed by atoms with E-state index in [1.807, 2.05) is 6.07 Å². The van der Waals surface area contributed by atoms with Crippen molar-refractivity contribution in [1.82, 2.24) is 5.32 Å². The maximum absolute atomic E-state index is 9.34. The highest BCUT2D eigenvalue weighted by atomic mass is 16.3. The summed E-state index contributed by atoms with van der Waals surface area (Å²) in [6, 6.07) is 4.93. The summed E-state index contributed by atoms with van der Waals surface area (Å²) in [5.41, 5.74) is 1.00. The van der Waals surface area contributed by atoms with Crippen molar-refractivity contribution in [3.05, 3.63) is 23.8 Å². The summed E-state index contributed by atoms with van der Waals surface area (Å²) in [6.07, 6.45) is 2.77. The first-order valence-corrected chi connectivity index (χ1v) is 5.54. The number of aryl methyl sites for hydroxylation is 1. The zero-order valence-corrected chi connectivity index (χ0v) is 9.11. The third-order valence-electron chi connectivity index (χ3n) is 2.66. The summed E-state index contributed by atoms with van der Waals surface area (Å²) in [6.45, 7) is 1.91. The van der Waals surface area contributed by atoms with Crippen molar-refractivity contribution in [3.8, 4) is 11.5 Å². The second kappa shape index (κ2) is 4.88. The van der Waals surface area contributed by atoms with E-state index in [0.717, 1.165) is 43.8 Å². The van der Waals surface area contributed by atoms with E-state index in [0.29, 0.717) is 0 Å². The Morgan fingerprint density at radius 3 is 2.75 bits per heavy atom. The van der Waals surface area contributed by atoms with Gasteiger partial charge in [-0.15, -0.1) is 0 Å². The molecule has 16 heavy (non-hydrogen) atoms. The Morgan fingerprint density at radius 2 is 2.06 bits per heavy atom. The van der Waals surface area contributed by atoms with Crippen LogP contribution in [0.3, 0.4) is 0 Å². The minimum Gasteiger partial charge on any atom is -0.504 e. The van der Waals surface area contributed by atoms with E-state index in [1.165, 1.54) is 6.07 Å². The van der Waals surface area contributed by atoms with Gasteiger partial charge in [-0.3, -0.25) is 4.99 Å². The summed E-state index contributed by atoms with van der Waals surface area (Å²) in [4.78, 5) is 4.38. The number of phenols is 2. The van der Waals surface area contributed by atoms with Gasteiger partial charge in [0.15, 0.2) is 11.5 Å². The smallest absolute Gasteiger partial charge is 0.157 e. The Morgan fingerprint density at radius 1 is 1.19 bits per heavy atom. The van der Waals surface area contributed by atoms with Gasteiger partial charge in [0, 0.05) is 19.5 Å². The molecule has 2 rings (SSSR count). The van der Waals surface area contributed by atoms with Crippen molar-refractivity contribution < 1.29 is 10.2 Å². The van der Waals surface area contributed by atoms with Gasteiger partial charge in [-0.2, -0.15) is 0 Å². The minimum absolute atomic E-state index is 0.0592. The van der Waals surface area contributed by atoms with Gasteiger partial charge in [-0.1, -0.05) is 6.07 Å². The lowest BCUT2D eigenvalue weighted by molar-refractivity contribution is 0.403. The fourth-order valence-corrected chi connectivity index (χ4v) is 1.74. The molecule has 0 unspecified atom stereocenters. The quantitative estimate of drug-likeness (QED) is 0.675. The summed E-state index contributed by atoms with van der Waals surface area (Å²) in [7, 11) is 0. The highest BCUT2D eigenvalue weighted by Gasteiger charge is 2.05. The summed E-state index contributed by atoms with van der Waals surface area (Å²) >= 11 is 0. The topological polar surface area (TPSA) is 64.9 Å². The van der Waals surface area contributed by atoms with Crippen molar-refractivity contribution in [2.24, 2.45) is 4.99 Å². The van der Waals surface area contributed by atoms with Crippen LogP contribution in [-0.2, 0) is 6.42 Å². The van der Waals surface area contributed by atoms with Gasteiger partial charge in [0.2, 0.25) is 0 Å². The summed E-state index contributed by atoms with van der Waals surface area (Å²) < 4.78 is 0. The Kier molecular flexibility index (Phi) is 3.29. The van der Waals surface area contributed by atoms with Crippen LogP contribution in [0.4, 0.5) is 0 Å². The second-order valence-electron chi connectivity index (χ2n) is 3.93. The second-order valence-corrected chi connectivity index (χ2v) is 3.93. The lowest BCUT2D eigenvalue weighted by Gasteiger charge is -2.14. The molecule has 0 aromatic heterocycles. The van der Waals surface area contributed by atoms with E-state index in [4.69, 9.17) is 0 Å². The average molecular weight is 220 g/mol. The molecule has 0 fully saturated rings. The fourth-order valence-electron chi connectivity index (χ4n) is 1.74. The third kappa shape index (κ3) is 2.66. The number of benzene rings is 1. The molecular formula is C12H16N2O2. The summed E-state index contributed by atoms with van der Waals surface area (Å²) in [5, 5.41) is 21.8. The minimum atomic E-state index is -0.0723. The van der Waals surface area contributed by atoms with Crippen LogP contribution in [0.1, 0.15) is 18.4 Å². The van der Waals surface area contributed by atoms with Gasteiger partial charge in [0.1, 0.15) is 0 Å². The molecule has 0 saturated heterocycles. The van der Waals surface area contributed by atoms with Crippen LogP contribution in [0.15, 0.2) is 23.2 Å². The normalized spacial score (nSPS) is 15.4. The fraction of sp³-hybridized carbons (Fsp3) is 0.417. The van der Waals surface area contributed by atoms with E-state index in [1.54, 1.807) is 6.07 Å². The van der Waals surface area contributed by atoms with Crippen LogP contribution >= 0.6 is 0 Å². The van der Waals surface area contributed by atoms with E-state index in [-0.39, 0.29) is 11.5 Å². The molecular weight excluding hydrogens is 204 g/mol. The highest BCUT2D eigenvalue weighted by Crippen LogP contribution is 2.25. The number of hydrogen-bond donors (Lipinski definition) is 3. The number of hydrogen-bond acceptors (Lipinski definition) is 4. The first kappa shape index (κ1) is 10.8. The average Bonchev–Trinajstić information content (AvgIpc) is 2.32. The van der Waals surface area contributed by atoms with Crippen molar-refractivity contribution in [1.29, 1.82) is 0 Å². The van der Waals surface area contributed by atoms with Crippen LogP contribution in [0.25, 0.3) is 0 Å². The monoisotopic (exact) mass is 220 g/mol. The molecule has 0 radical (unpaired) electrons. The number of amidine groups is 1. The van der Waals surface area contributed by atoms with Crippen molar-refractivity contribution in [2.75, 3.05) is 13.1 Å². The van der Waals surface area contributed by atoms with Gasteiger partial charge in [-0.25, -0.2) is 0 Å². The maximum atomic E-state index is 9.34. The first-order valence-electron chi connectivity index (χ1n) is 5.54. The molecule has 4 heteroatoms. The predicted molar refractivity (Wildman–Crippen MR) is 63.0 cm³/mol. The lowest BCUT2D eigenvalue weighted by Crippen LogP contribution is -2.29. The number of aromatic hydroxyl groups is 2. The number of nitrogens with zero attached hydrogens (tertiary/aromatic N) is 1. The SMILES string of the molecule is Oc1ccc(CCC2=NCCCN2)cc1O. The number of aliphatic imine (C=N–C) groups is 1. The molecule has 0 spiro atoms. The van der Waals surface area contributed by atoms with Crippen molar-refractivity contribution >= 4 is 5.84 Å². The van der Waals surface area contributed by atoms with Crippen LogP contribution in [0.2, 0.25) is 0 Å². The van der Waals surface area contributed by atoms with E-state index in [2.05, 4.69) is 10.3 Å². The number of phenolic OH excluding ortho intramolecular Hbond substituents is 2. The van der Waals surface area contributed by atoms with E-state index in [9.17, 15) is 10.2 Å². The molecule has 0 saturated carbocycles. The van der Waals surface area contributed by atoms with Gasteiger partial charge in [0.25, 0.3) is 0 Å². The molecule has 1 aromatic rings. The number of nitrogens with one attached hydrogen (secondary N) is 1. The number of rotatable bonds is 3. The van der Waals surface area contributed by atoms with Gasteiger partial charge in [0.05, 0.1) is 5.84 Å². The summed E-state index contributed by atoms with van der Waals surface area (Å²) in [5.74, 6) is 0.909. The molecule has 0 aliphatic carbocycles. The molecule has 4 nitrogen and oxygen atoms in total. The van der Waals surface area contributed by atoms with Crippen LogP contribution in [0, 0.1) is 0 Å². The Hall–Kier alpha value is -1.71. The zero-order valence-electron chi connectivity index (χ0n) is 9.11. The molecule has 0 bridgehead atoms. The Balaban J connectivity index is 1.94. The zero-order chi connectivity index (χ0) is 11.4. The van der Waals surface area contributed by atoms with Gasteiger partial charge < -0.3 is 15.5 Å². The Bertz CT molecular complexity index is 402. The van der Waals surface area contributed by atoms with Gasteiger partial charge >= 0.3 is 0 Å². The van der Waals surface area contributed by atoms with Crippen LogP contribution < -0.4 is 5.32 Å². The molecule has 1 aliphatic heterocycles. The molecule has 0 atom stereocenters. The highest BCUT2D eigenvalue weighted by molar-refractivity contribution is 5.82. The van der Waals surface area contributed by atoms with Crippen molar-refractivity contribution in [3.63, 3.8) is 0 Å². The van der Waals surface area contributed by atoms with E-state index >= 15 is 0 Å². The predicted octanol–water partition coefficient (Wildman–Crippen LogP) is 1.42. The van der Waals surface area contributed by atoms with Crippen LogP contribution in [-0.4, -0.2) is 29.1 Å². The molecule has 86 valence electrons. The Labute approximate surface area is 94.6 Å². The maximum Gasteiger partial charge on any atom is 0.157 e. The molecule has 3 N–H and O–H groups in total. The standard InChI is InChI=1S/C12H16N2O2/c15-10-4-2-9(8-11(10)16)3-5-12-13-6-1-7-14-12/h2,4,8,15-16H,1,3,5-7H2,(H,13,14). The molecule has 0 amide bonds. The molecule has 1 heterocycles. The molecule has 1 aliphatic rings. The van der Waals surface area contributed by atoms with Gasteiger partial charge in [-0.05, 0) is 30.5 Å². The van der Waals surface area contributed by atoms with E-state index < -0.39 is 0 Å². The molecule has 1 aromatic carbocycles. The lowest BCUT2D eigenvalue weighted by atomic mass is 10.1.